The molecule has 150 valence electrons. The van der Waals surface area contributed by atoms with E-state index in [0.29, 0.717) is 11.1 Å². The van der Waals surface area contributed by atoms with Gasteiger partial charge >= 0.3 is 12.1 Å². The van der Waals surface area contributed by atoms with Crippen molar-refractivity contribution in [1.82, 2.24) is 4.90 Å². The van der Waals surface area contributed by atoms with Gasteiger partial charge in [-0.1, -0.05) is 18.2 Å². The first-order chi connectivity index (χ1) is 13.1. The quantitative estimate of drug-likeness (QED) is 0.381. The molecule has 0 atom stereocenters. The number of hydrogen-bond acceptors (Lipinski definition) is 3. The Bertz CT molecular complexity index is 876. The molecule has 0 amide bonds. The number of esters is 1. The third-order valence-corrected chi connectivity index (χ3v) is 4.55. The molecule has 7 heteroatoms. The molecule has 0 bridgehead atoms. The van der Waals surface area contributed by atoms with E-state index >= 15 is 0 Å². The summed E-state index contributed by atoms with van der Waals surface area (Å²) >= 11 is 0. The monoisotopic (exact) mass is 392 g/mol. The molecule has 0 aliphatic rings. The summed E-state index contributed by atoms with van der Waals surface area (Å²) in [6, 6.07) is 8.33. The van der Waals surface area contributed by atoms with Gasteiger partial charge < -0.3 is 9.64 Å². The average Bonchev–Trinajstić information content (AvgIpc) is 2.66. The Balaban J connectivity index is 2.18. The number of benzene rings is 2. The standard InChI is InChI=1S/C21H23F3N2O2/c1-5-26(4)13-25-19-11-10-17(14(2)15(19)3)20(27)28-12-16-8-6-7-9-18(16)21(22,23)24/h6-11,13H,5,12H2,1-4H3/b25-13+. The van der Waals surface area contributed by atoms with Gasteiger partial charge in [-0.15, -0.1) is 0 Å². The number of alkyl halides is 3. The van der Waals surface area contributed by atoms with Crippen molar-refractivity contribution < 1.29 is 22.7 Å². The average molecular weight is 392 g/mol. The molecule has 0 unspecified atom stereocenters. The largest absolute Gasteiger partial charge is 0.457 e. The molecule has 0 aromatic heterocycles. The summed E-state index contributed by atoms with van der Waals surface area (Å²) in [7, 11) is 1.90. The van der Waals surface area contributed by atoms with Gasteiger partial charge in [0.05, 0.1) is 23.2 Å². The molecule has 2 aromatic rings. The van der Waals surface area contributed by atoms with E-state index in [9.17, 15) is 18.0 Å². The van der Waals surface area contributed by atoms with Gasteiger partial charge in [-0.2, -0.15) is 13.2 Å². The first-order valence-corrected chi connectivity index (χ1v) is 8.82. The zero-order valence-corrected chi connectivity index (χ0v) is 16.3. The molecule has 0 heterocycles. The van der Waals surface area contributed by atoms with Crippen molar-refractivity contribution in [2.75, 3.05) is 13.6 Å². The summed E-state index contributed by atoms with van der Waals surface area (Å²) < 4.78 is 44.3. The molecule has 0 saturated heterocycles. The first-order valence-electron chi connectivity index (χ1n) is 8.82. The van der Waals surface area contributed by atoms with Gasteiger partial charge in [0.2, 0.25) is 0 Å². The molecule has 0 aliphatic heterocycles. The molecule has 28 heavy (non-hydrogen) atoms. The van der Waals surface area contributed by atoms with Crippen LogP contribution in [-0.4, -0.2) is 30.8 Å². The molecule has 0 aliphatic carbocycles. The van der Waals surface area contributed by atoms with Gasteiger partial charge in [0.25, 0.3) is 0 Å². The van der Waals surface area contributed by atoms with E-state index in [2.05, 4.69) is 4.99 Å². The molecule has 4 nitrogen and oxygen atoms in total. The van der Waals surface area contributed by atoms with Crippen molar-refractivity contribution in [2.45, 2.75) is 33.6 Å². The molecule has 0 spiro atoms. The zero-order valence-electron chi connectivity index (χ0n) is 16.3. The maximum absolute atomic E-state index is 13.1. The predicted octanol–water partition coefficient (Wildman–Crippen LogP) is 5.29. The minimum atomic E-state index is -4.50. The lowest BCUT2D eigenvalue weighted by Gasteiger charge is -2.14. The summed E-state index contributed by atoms with van der Waals surface area (Å²) in [6.07, 6.45) is -2.80. The summed E-state index contributed by atoms with van der Waals surface area (Å²) in [4.78, 5) is 18.7. The third-order valence-electron chi connectivity index (χ3n) is 4.55. The van der Waals surface area contributed by atoms with Gasteiger partial charge in [-0.3, -0.25) is 0 Å². The molecular weight excluding hydrogens is 369 g/mol. The third kappa shape index (κ3) is 5.12. The van der Waals surface area contributed by atoms with E-state index in [1.807, 2.05) is 25.8 Å². The van der Waals surface area contributed by atoms with E-state index in [-0.39, 0.29) is 5.56 Å². The molecule has 0 N–H and O–H groups in total. The topological polar surface area (TPSA) is 41.9 Å². The van der Waals surface area contributed by atoms with Crippen LogP contribution >= 0.6 is 0 Å². The first kappa shape index (κ1) is 21.5. The van der Waals surface area contributed by atoms with E-state index in [0.717, 1.165) is 23.9 Å². The highest BCUT2D eigenvalue weighted by Gasteiger charge is 2.33. The highest BCUT2D eigenvalue weighted by atomic mass is 19.4. The van der Waals surface area contributed by atoms with E-state index in [1.165, 1.54) is 18.2 Å². The Morgan fingerprint density at radius 1 is 1.14 bits per heavy atom. The van der Waals surface area contributed by atoms with Crippen LogP contribution in [0.25, 0.3) is 0 Å². The Labute approximate surface area is 162 Å². The lowest BCUT2D eigenvalue weighted by Crippen LogP contribution is -2.14. The van der Waals surface area contributed by atoms with Gasteiger partial charge in [-0.25, -0.2) is 9.79 Å². The lowest BCUT2D eigenvalue weighted by atomic mass is 10.0. The maximum Gasteiger partial charge on any atom is 0.416 e. The van der Waals surface area contributed by atoms with Gasteiger partial charge in [0, 0.05) is 19.2 Å². The van der Waals surface area contributed by atoms with Crippen molar-refractivity contribution in [3.63, 3.8) is 0 Å². The second-order valence-electron chi connectivity index (χ2n) is 6.43. The Morgan fingerprint density at radius 3 is 2.46 bits per heavy atom. The van der Waals surface area contributed by atoms with Crippen LogP contribution in [0.5, 0.6) is 0 Å². The molecule has 0 saturated carbocycles. The number of carbonyl (C=O) groups is 1. The van der Waals surface area contributed by atoms with Crippen molar-refractivity contribution in [3.05, 3.63) is 64.2 Å². The minimum Gasteiger partial charge on any atom is -0.457 e. The second-order valence-corrected chi connectivity index (χ2v) is 6.43. The van der Waals surface area contributed by atoms with E-state index in [1.54, 1.807) is 25.4 Å². The number of aliphatic imine (C=N–C) groups is 1. The smallest absolute Gasteiger partial charge is 0.416 e. The van der Waals surface area contributed by atoms with Crippen molar-refractivity contribution in [3.8, 4) is 0 Å². The van der Waals surface area contributed by atoms with Crippen LogP contribution in [0.2, 0.25) is 0 Å². The van der Waals surface area contributed by atoms with Gasteiger partial charge in [-0.05, 0) is 50.1 Å². The highest BCUT2D eigenvalue weighted by Crippen LogP contribution is 2.32. The van der Waals surface area contributed by atoms with Crippen molar-refractivity contribution in [2.24, 2.45) is 4.99 Å². The number of halogens is 3. The molecule has 0 fully saturated rings. The number of carbonyl (C=O) groups excluding carboxylic acids is 1. The molecule has 2 aromatic carbocycles. The zero-order chi connectivity index (χ0) is 20.9. The Hall–Kier alpha value is -2.83. The van der Waals surface area contributed by atoms with Crippen LogP contribution in [0.4, 0.5) is 18.9 Å². The number of nitrogens with zero attached hydrogens (tertiary/aromatic N) is 2. The SMILES string of the molecule is CCN(C)/C=N/c1ccc(C(=O)OCc2ccccc2C(F)(F)F)c(C)c1C. The lowest BCUT2D eigenvalue weighted by molar-refractivity contribution is -0.138. The Morgan fingerprint density at radius 2 is 1.82 bits per heavy atom. The molecular formula is C21H23F3N2O2. The predicted molar refractivity (Wildman–Crippen MR) is 103 cm³/mol. The second kappa shape index (κ2) is 8.91. The summed E-state index contributed by atoms with van der Waals surface area (Å²) in [6.45, 7) is 5.96. The van der Waals surface area contributed by atoms with Gasteiger partial charge in [0.15, 0.2) is 0 Å². The molecule has 2 rings (SSSR count). The summed E-state index contributed by atoms with van der Waals surface area (Å²) in [5.41, 5.74) is 1.64. The number of hydrogen-bond donors (Lipinski definition) is 0. The number of ether oxygens (including phenoxy) is 1. The van der Waals surface area contributed by atoms with Crippen LogP contribution in [-0.2, 0) is 17.5 Å². The maximum atomic E-state index is 13.1. The Kier molecular flexibility index (Phi) is 6.83. The summed E-state index contributed by atoms with van der Waals surface area (Å²) in [5, 5.41) is 0. The fraction of sp³-hybridized carbons (Fsp3) is 0.333. The highest BCUT2D eigenvalue weighted by molar-refractivity contribution is 5.92. The van der Waals surface area contributed by atoms with Crippen LogP contribution in [0.15, 0.2) is 41.4 Å². The van der Waals surface area contributed by atoms with E-state index < -0.39 is 24.3 Å². The fourth-order valence-electron chi connectivity index (χ4n) is 2.55. The summed E-state index contributed by atoms with van der Waals surface area (Å²) in [5.74, 6) is -0.668. The van der Waals surface area contributed by atoms with Crippen LogP contribution in [0.1, 0.15) is 39.5 Å². The minimum absolute atomic E-state index is 0.0819. The van der Waals surface area contributed by atoms with Gasteiger partial charge in [0.1, 0.15) is 6.61 Å². The van der Waals surface area contributed by atoms with Crippen LogP contribution in [0.3, 0.4) is 0 Å². The van der Waals surface area contributed by atoms with E-state index in [4.69, 9.17) is 4.74 Å². The van der Waals surface area contributed by atoms with Crippen LogP contribution in [0, 0.1) is 13.8 Å². The number of rotatable bonds is 6. The van der Waals surface area contributed by atoms with Crippen molar-refractivity contribution >= 4 is 18.0 Å². The normalized spacial score (nSPS) is 11.7. The fourth-order valence-corrected chi connectivity index (χ4v) is 2.55. The molecule has 0 radical (unpaired) electrons. The van der Waals surface area contributed by atoms with Crippen LogP contribution < -0.4 is 0 Å². The van der Waals surface area contributed by atoms with Crippen molar-refractivity contribution in [1.29, 1.82) is 0 Å².